The van der Waals surface area contributed by atoms with Gasteiger partial charge in [0, 0.05) is 16.5 Å². The Hall–Kier alpha value is -2.17. The van der Waals surface area contributed by atoms with Crippen LogP contribution < -0.4 is 0 Å². The normalized spacial score (nSPS) is 11.9. The number of hydrogen-bond donors (Lipinski definition) is 2. The third-order valence-corrected chi connectivity index (χ3v) is 6.18. The minimum absolute atomic E-state index is 0.0304. The average molecular weight is 450 g/mol. The summed E-state index contributed by atoms with van der Waals surface area (Å²) >= 11 is 6.60. The van der Waals surface area contributed by atoms with Gasteiger partial charge in [-0.2, -0.15) is 13.2 Å². The van der Waals surface area contributed by atoms with Crippen molar-refractivity contribution in [2.45, 2.75) is 23.1 Å². The maximum absolute atomic E-state index is 13.0. The zero-order valence-electron chi connectivity index (χ0n) is 14.0. The lowest BCUT2D eigenvalue weighted by Crippen LogP contribution is -2.13. The molecule has 0 fully saturated rings. The minimum atomic E-state index is -4.47. The van der Waals surface area contributed by atoms with Gasteiger partial charge in [-0.05, 0) is 42.4 Å². The molecule has 0 saturated carbocycles. The van der Waals surface area contributed by atoms with Crippen LogP contribution in [0.1, 0.15) is 21.6 Å². The maximum atomic E-state index is 13.0. The number of benzene rings is 1. The monoisotopic (exact) mass is 449 g/mol. The molecule has 0 bridgehead atoms. The quantitative estimate of drug-likeness (QED) is 0.528. The van der Waals surface area contributed by atoms with Gasteiger partial charge < -0.3 is 10.2 Å². The fraction of sp³-hybridized carbons (Fsp3) is 0.176. The van der Waals surface area contributed by atoms with E-state index in [0.29, 0.717) is 0 Å². The molecule has 0 aliphatic carbocycles. The fourth-order valence-electron chi connectivity index (χ4n) is 2.88. The molecule has 3 aromatic rings. The van der Waals surface area contributed by atoms with Crippen LogP contribution in [0.3, 0.4) is 0 Å². The molecule has 2 aromatic heterocycles. The van der Waals surface area contributed by atoms with E-state index in [9.17, 15) is 33.0 Å². The number of aliphatic carboxylic acids is 1. The standard InChI is InChI=1S/C17H11ClF3NO4S2/c1-7-9(5-12(24)25)14-10(2-3-11(23)15(14)18)22(7)16(26)8-4-13(27-6-8)28-17(19,20)21/h2-4,6,23H,5H2,1H3,(H,24,25). The van der Waals surface area contributed by atoms with E-state index in [0.717, 1.165) is 17.4 Å². The Kier molecular flexibility index (Phi) is 5.39. The fourth-order valence-corrected chi connectivity index (χ4v) is 4.79. The molecular formula is C17H11ClF3NO4S2. The molecule has 2 N–H and O–H groups in total. The summed E-state index contributed by atoms with van der Waals surface area (Å²) < 4.78 is 38.7. The van der Waals surface area contributed by atoms with Crippen LogP contribution in [0.2, 0.25) is 5.02 Å². The Balaban J connectivity index is 2.15. The smallest absolute Gasteiger partial charge is 0.447 e. The third kappa shape index (κ3) is 3.85. The molecule has 2 heterocycles. The molecule has 0 spiro atoms. The van der Waals surface area contributed by atoms with Crippen LogP contribution in [-0.2, 0) is 11.2 Å². The number of carboxylic acid groups (broad SMARTS) is 1. The van der Waals surface area contributed by atoms with Gasteiger partial charge >= 0.3 is 11.5 Å². The number of carboxylic acids is 1. The number of aromatic nitrogens is 1. The summed E-state index contributed by atoms with van der Waals surface area (Å²) in [6.07, 6.45) is -0.440. The van der Waals surface area contributed by atoms with E-state index in [-0.39, 0.29) is 54.5 Å². The molecule has 1 aromatic carbocycles. The second-order valence-electron chi connectivity index (χ2n) is 5.77. The molecule has 0 unspecified atom stereocenters. The summed E-state index contributed by atoms with van der Waals surface area (Å²) in [4.78, 5) is 24.2. The number of hydrogen-bond acceptors (Lipinski definition) is 5. The highest BCUT2D eigenvalue weighted by atomic mass is 35.5. The molecule has 0 atom stereocenters. The summed E-state index contributed by atoms with van der Waals surface area (Å²) in [5, 5.41) is 20.5. The molecule has 28 heavy (non-hydrogen) atoms. The number of fused-ring (bicyclic) bond motifs is 1. The van der Waals surface area contributed by atoms with Crippen LogP contribution in [0, 0.1) is 6.92 Å². The molecule has 3 rings (SSSR count). The van der Waals surface area contributed by atoms with E-state index in [1.54, 1.807) is 0 Å². The predicted octanol–water partition coefficient (Wildman–Crippen LogP) is 5.30. The second kappa shape index (κ2) is 7.34. The summed E-state index contributed by atoms with van der Waals surface area (Å²) in [6.45, 7) is 1.52. The highest BCUT2D eigenvalue weighted by Crippen LogP contribution is 2.41. The second-order valence-corrected chi connectivity index (χ2v) is 8.42. The van der Waals surface area contributed by atoms with Crippen LogP contribution in [0.25, 0.3) is 10.9 Å². The van der Waals surface area contributed by atoms with Gasteiger partial charge in [0.15, 0.2) is 0 Å². The highest BCUT2D eigenvalue weighted by molar-refractivity contribution is 8.01. The summed E-state index contributed by atoms with van der Waals surface area (Å²) in [5.74, 6) is -2.05. The summed E-state index contributed by atoms with van der Waals surface area (Å²) in [5.41, 5.74) is -3.65. The van der Waals surface area contributed by atoms with Gasteiger partial charge in [0.25, 0.3) is 5.91 Å². The van der Waals surface area contributed by atoms with Gasteiger partial charge in [0.2, 0.25) is 0 Å². The molecule has 0 radical (unpaired) electrons. The minimum Gasteiger partial charge on any atom is -0.506 e. The van der Waals surface area contributed by atoms with Gasteiger partial charge in [0.1, 0.15) is 5.75 Å². The number of halogens is 4. The first-order chi connectivity index (χ1) is 13.0. The van der Waals surface area contributed by atoms with Crippen molar-refractivity contribution in [3.63, 3.8) is 0 Å². The third-order valence-electron chi connectivity index (χ3n) is 3.98. The van der Waals surface area contributed by atoms with Gasteiger partial charge in [-0.15, -0.1) is 11.3 Å². The lowest BCUT2D eigenvalue weighted by atomic mass is 10.1. The van der Waals surface area contributed by atoms with E-state index < -0.39 is 23.8 Å². The van der Waals surface area contributed by atoms with Crippen LogP contribution in [-0.4, -0.2) is 32.2 Å². The lowest BCUT2D eigenvalue weighted by Gasteiger charge is -2.06. The number of carbonyl (C=O) groups excluding carboxylic acids is 1. The topological polar surface area (TPSA) is 79.5 Å². The number of alkyl halides is 3. The molecule has 148 valence electrons. The van der Waals surface area contributed by atoms with E-state index in [1.807, 2.05) is 0 Å². The number of rotatable bonds is 4. The van der Waals surface area contributed by atoms with Gasteiger partial charge in [-0.1, -0.05) is 11.6 Å². The van der Waals surface area contributed by atoms with E-state index >= 15 is 0 Å². The van der Waals surface area contributed by atoms with E-state index in [2.05, 4.69) is 0 Å². The van der Waals surface area contributed by atoms with Crippen molar-refractivity contribution in [3.8, 4) is 5.75 Å². The zero-order valence-corrected chi connectivity index (χ0v) is 16.4. The Bertz CT molecular complexity index is 1100. The molecular weight excluding hydrogens is 439 g/mol. The largest absolute Gasteiger partial charge is 0.506 e. The van der Waals surface area contributed by atoms with Crippen molar-refractivity contribution in [2.24, 2.45) is 0 Å². The number of phenolic OH excluding ortho intramolecular Hbond substituents is 1. The number of aromatic hydroxyl groups is 1. The lowest BCUT2D eigenvalue weighted by molar-refractivity contribution is -0.136. The maximum Gasteiger partial charge on any atom is 0.447 e. The number of phenols is 1. The first kappa shape index (κ1) is 20.6. The summed E-state index contributed by atoms with van der Waals surface area (Å²) in [7, 11) is 0. The van der Waals surface area contributed by atoms with Crippen molar-refractivity contribution in [1.82, 2.24) is 4.57 Å². The molecule has 0 amide bonds. The number of thioether (sulfide) groups is 1. The average Bonchev–Trinajstić information content (AvgIpc) is 3.12. The Morgan fingerprint density at radius 3 is 2.61 bits per heavy atom. The van der Waals surface area contributed by atoms with Crippen molar-refractivity contribution < 1.29 is 33.0 Å². The van der Waals surface area contributed by atoms with Crippen molar-refractivity contribution in [2.75, 3.05) is 0 Å². The Morgan fingerprint density at radius 2 is 2.00 bits per heavy atom. The van der Waals surface area contributed by atoms with Crippen LogP contribution in [0.15, 0.2) is 27.8 Å². The van der Waals surface area contributed by atoms with E-state index in [1.165, 1.54) is 29.0 Å². The van der Waals surface area contributed by atoms with Gasteiger partial charge in [-0.25, -0.2) is 0 Å². The Labute approximate surface area is 169 Å². The Morgan fingerprint density at radius 1 is 1.32 bits per heavy atom. The van der Waals surface area contributed by atoms with Gasteiger partial charge in [-0.3, -0.25) is 14.2 Å². The number of thiophene rings is 1. The first-order valence-corrected chi connectivity index (χ1v) is 9.69. The molecule has 0 aliphatic rings. The van der Waals surface area contributed by atoms with Crippen molar-refractivity contribution >= 4 is 57.5 Å². The van der Waals surface area contributed by atoms with Gasteiger partial charge in [0.05, 0.1) is 26.7 Å². The predicted molar refractivity (Wildman–Crippen MR) is 101 cm³/mol. The molecule has 11 heteroatoms. The molecule has 0 saturated heterocycles. The van der Waals surface area contributed by atoms with Crippen molar-refractivity contribution in [1.29, 1.82) is 0 Å². The van der Waals surface area contributed by atoms with Crippen LogP contribution >= 0.6 is 34.7 Å². The highest BCUT2D eigenvalue weighted by Gasteiger charge is 2.31. The zero-order chi connectivity index (χ0) is 20.8. The molecule has 5 nitrogen and oxygen atoms in total. The van der Waals surface area contributed by atoms with E-state index in [4.69, 9.17) is 11.6 Å². The first-order valence-electron chi connectivity index (χ1n) is 7.61. The van der Waals surface area contributed by atoms with Crippen LogP contribution in [0.5, 0.6) is 5.75 Å². The van der Waals surface area contributed by atoms with Crippen molar-refractivity contribution in [3.05, 3.63) is 45.4 Å². The number of carbonyl (C=O) groups is 2. The van der Waals surface area contributed by atoms with Crippen LogP contribution in [0.4, 0.5) is 13.2 Å². The SMILES string of the molecule is Cc1c(CC(=O)O)c2c(Cl)c(O)ccc2n1C(=O)c1csc(SC(F)(F)F)c1. The summed E-state index contributed by atoms with van der Waals surface area (Å²) in [6, 6.07) is 3.80. The number of nitrogens with zero attached hydrogens (tertiary/aromatic N) is 1. The molecule has 0 aliphatic heterocycles.